The van der Waals surface area contributed by atoms with Crippen LogP contribution >= 0.6 is 0 Å². The fourth-order valence-electron chi connectivity index (χ4n) is 2.77. The summed E-state index contributed by atoms with van der Waals surface area (Å²) >= 11 is 0. The Kier molecular flexibility index (Phi) is 2.00. The highest BCUT2D eigenvalue weighted by atomic mass is 15.1. The van der Waals surface area contributed by atoms with E-state index in [-0.39, 0.29) is 0 Å². The molecule has 2 heteroatoms. The molecular weight excluding hydrogens is 172 g/mol. The highest BCUT2D eigenvalue weighted by molar-refractivity contribution is 5.36. The summed E-state index contributed by atoms with van der Waals surface area (Å²) in [5.74, 6) is 0. The van der Waals surface area contributed by atoms with Crippen LogP contribution in [0.2, 0.25) is 0 Å². The molecule has 0 fully saturated rings. The summed E-state index contributed by atoms with van der Waals surface area (Å²) < 4.78 is 0. The summed E-state index contributed by atoms with van der Waals surface area (Å²) in [6.45, 7) is 0. The van der Waals surface area contributed by atoms with Gasteiger partial charge in [-0.1, -0.05) is 0 Å². The van der Waals surface area contributed by atoms with Crippen LogP contribution in [0.4, 0.5) is 0 Å². The van der Waals surface area contributed by atoms with E-state index in [2.05, 4.69) is 10.2 Å². The zero-order chi connectivity index (χ0) is 9.38. The van der Waals surface area contributed by atoms with Gasteiger partial charge >= 0.3 is 0 Å². The molecule has 1 aromatic rings. The molecule has 1 aromatic heterocycles. The SMILES string of the molecule is C1CCc2c(nnc3c2CCCC3)C1. The van der Waals surface area contributed by atoms with Gasteiger partial charge in [0.25, 0.3) is 0 Å². The quantitative estimate of drug-likeness (QED) is 0.624. The fraction of sp³-hybridized carbons (Fsp3) is 0.667. The van der Waals surface area contributed by atoms with Gasteiger partial charge in [-0.2, -0.15) is 10.2 Å². The van der Waals surface area contributed by atoms with Crippen LogP contribution in [-0.2, 0) is 25.7 Å². The summed E-state index contributed by atoms with van der Waals surface area (Å²) in [5, 5.41) is 8.77. The van der Waals surface area contributed by atoms with E-state index in [1.165, 1.54) is 49.9 Å². The van der Waals surface area contributed by atoms with Crippen molar-refractivity contribution in [3.8, 4) is 0 Å². The predicted octanol–water partition coefficient (Wildman–Crippen LogP) is 2.23. The third kappa shape index (κ3) is 1.24. The van der Waals surface area contributed by atoms with Crippen LogP contribution in [-0.4, -0.2) is 10.2 Å². The van der Waals surface area contributed by atoms with Crippen molar-refractivity contribution < 1.29 is 0 Å². The minimum absolute atomic E-state index is 1.16. The number of nitrogens with zero attached hydrogens (tertiary/aromatic N) is 2. The molecule has 0 amide bonds. The molecule has 0 aromatic carbocycles. The van der Waals surface area contributed by atoms with Crippen LogP contribution in [0.15, 0.2) is 0 Å². The van der Waals surface area contributed by atoms with Crippen LogP contribution in [0, 0.1) is 0 Å². The maximum atomic E-state index is 4.38. The molecule has 0 radical (unpaired) electrons. The first-order valence-corrected chi connectivity index (χ1v) is 5.81. The van der Waals surface area contributed by atoms with Crippen LogP contribution in [0.3, 0.4) is 0 Å². The molecule has 2 nitrogen and oxygen atoms in total. The van der Waals surface area contributed by atoms with Crippen LogP contribution in [0.5, 0.6) is 0 Å². The van der Waals surface area contributed by atoms with Crippen molar-refractivity contribution in [2.75, 3.05) is 0 Å². The Bertz CT molecular complexity index is 323. The molecule has 0 saturated carbocycles. The molecule has 0 aliphatic heterocycles. The first kappa shape index (κ1) is 8.39. The fourth-order valence-corrected chi connectivity index (χ4v) is 2.77. The molecule has 0 saturated heterocycles. The standard InChI is InChI=1S/C12H16N2/c1-3-7-11-9(5-1)10-6-2-4-8-12(10)14-13-11/h1-8H2. The molecular formula is C12H16N2. The number of rotatable bonds is 0. The molecule has 2 aliphatic carbocycles. The molecule has 2 aliphatic rings. The predicted molar refractivity (Wildman–Crippen MR) is 55.3 cm³/mol. The molecule has 1 heterocycles. The van der Waals surface area contributed by atoms with Gasteiger partial charge in [-0.25, -0.2) is 0 Å². The van der Waals surface area contributed by atoms with Crippen molar-refractivity contribution in [1.82, 2.24) is 10.2 Å². The van der Waals surface area contributed by atoms with Crippen molar-refractivity contribution in [3.63, 3.8) is 0 Å². The Balaban J connectivity index is 2.12. The number of fused-ring (bicyclic) bond motifs is 3. The molecule has 14 heavy (non-hydrogen) atoms. The maximum absolute atomic E-state index is 4.38. The minimum atomic E-state index is 1.16. The lowest BCUT2D eigenvalue weighted by Crippen LogP contribution is -2.16. The van der Waals surface area contributed by atoms with Crippen molar-refractivity contribution in [1.29, 1.82) is 0 Å². The van der Waals surface area contributed by atoms with Gasteiger partial charge in [-0.05, 0) is 62.5 Å². The first-order valence-electron chi connectivity index (χ1n) is 5.81. The van der Waals surface area contributed by atoms with Gasteiger partial charge in [0.15, 0.2) is 0 Å². The zero-order valence-corrected chi connectivity index (χ0v) is 8.55. The zero-order valence-electron chi connectivity index (χ0n) is 8.55. The van der Waals surface area contributed by atoms with Gasteiger partial charge in [0.05, 0.1) is 11.4 Å². The van der Waals surface area contributed by atoms with Crippen LogP contribution in [0.25, 0.3) is 0 Å². The van der Waals surface area contributed by atoms with Gasteiger partial charge in [0.2, 0.25) is 0 Å². The normalized spacial score (nSPS) is 20.0. The Morgan fingerprint density at radius 2 is 1.00 bits per heavy atom. The number of hydrogen-bond acceptors (Lipinski definition) is 2. The lowest BCUT2D eigenvalue weighted by atomic mass is 9.86. The molecule has 74 valence electrons. The second kappa shape index (κ2) is 3.34. The second-order valence-electron chi connectivity index (χ2n) is 4.46. The number of hydrogen-bond donors (Lipinski definition) is 0. The lowest BCUT2D eigenvalue weighted by Gasteiger charge is -2.22. The Labute approximate surface area is 84.7 Å². The Hall–Kier alpha value is -0.920. The van der Waals surface area contributed by atoms with E-state index in [9.17, 15) is 0 Å². The largest absolute Gasteiger partial charge is 0.155 e. The van der Waals surface area contributed by atoms with Crippen molar-refractivity contribution in [2.45, 2.75) is 51.4 Å². The molecule has 0 bridgehead atoms. The average molecular weight is 188 g/mol. The number of aryl methyl sites for hydroxylation is 2. The van der Waals surface area contributed by atoms with Gasteiger partial charge in [0.1, 0.15) is 0 Å². The Morgan fingerprint density at radius 1 is 0.571 bits per heavy atom. The van der Waals surface area contributed by atoms with Crippen LogP contribution in [0.1, 0.15) is 48.2 Å². The molecule has 0 spiro atoms. The van der Waals surface area contributed by atoms with Crippen molar-refractivity contribution in [2.24, 2.45) is 0 Å². The van der Waals surface area contributed by atoms with E-state index in [0.29, 0.717) is 0 Å². The van der Waals surface area contributed by atoms with Crippen molar-refractivity contribution in [3.05, 3.63) is 22.5 Å². The van der Waals surface area contributed by atoms with E-state index in [1.54, 1.807) is 11.1 Å². The molecule has 0 N–H and O–H groups in total. The highest BCUT2D eigenvalue weighted by Gasteiger charge is 2.20. The lowest BCUT2D eigenvalue weighted by molar-refractivity contribution is 0.597. The van der Waals surface area contributed by atoms with Gasteiger partial charge in [-0.3, -0.25) is 0 Å². The van der Waals surface area contributed by atoms with E-state index in [0.717, 1.165) is 12.8 Å². The van der Waals surface area contributed by atoms with Crippen molar-refractivity contribution >= 4 is 0 Å². The van der Waals surface area contributed by atoms with E-state index in [4.69, 9.17) is 0 Å². The monoisotopic (exact) mass is 188 g/mol. The molecule has 0 unspecified atom stereocenters. The Morgan fingerprint density at radius 3 is 1.50 bits per heavy atom. The van der Waals surface area contributed by atoms with E-state index >= 15 is 0 Å². The summed E-state index contributed by atoms with van der Waals surface area (Å²) in [6, 6.07) is 0. The third-order valence-electron chi connectivity index (χ3n) is 3.53. The van der Waals surface area contributed by atoms with Crippen LogP contribution < -0.4 is 0 Å². The minimum Gasteiger partial charge on any atom is -0.155 e. The van der Waals surface area contributed by atoms with Gasteiger partial charge in [-0.15, -0.1) is 0 Å². The third-order valence-corrected chi connectivity index (χ3v) is 3.53. The van der Waals surface area contributed by atoms with Gasteiger partial charge < -0.3 is 0 Å². The summed E-state index contributed by atoms with van der Waals surface area (Å²) in [4.78, 5) is 0. The summed E-state index contributed by atoms with van der Waals surface area (Å²) in [6.07, 6.45) is 10.2. The summed E-state index contributed by atoms with van der Waals surface area (Å²) in [5.41, 5.74) is 5.75. The van der Waals surface area contributed by atoms with Gasteiger partial charge in [0, 0.05) is 0 Å². The van der Waals surface area contributed by atoms with E-state index < -0.39 is 0 Å². The first-order chi connectivity index (χ1) is 6.95. The average Bonchev–Trinajstić information content (AvgIpc) is 2.29. The van der Waals surface area contributed by atoms with E-state index in [1.807, 2.05) is 0 Å². The summed E-state index contributed by atoms with van der Waals surface area (Å²) in [7, 11) is 0. The maximum Gasteiger partial charge on any atom is 0.0665 e. The highest BCUT2D eigenvalue weighted by Crippen LogP contribution is 2.28. The molecule has 3 rings (SSSR count). The number of aromatic nitrogens is 2. The smallest absolute Gasteiger partial charge is 0.0665 e. The molecule has 0 atom stereocenters. The second-order valence-corrected chi connectivity index (χ2v) is 4.46. The topological polar surface area (TPSA) is 25.8 Å².